The molecule has 2 aliphatic rings. The lowest BCUT2D eigenvalue weighted by molar-refractivity contribution is -0.918. The standard InChI is InChI=1S/C20H27N5OS/c1-2-24-19(23-12-14-26-15-13-23)21-25(20(24)27)16-22-10-8-18(9-11-22)17-6-4-3-5-7-17/h3-8H,2,9-16H2,1H3/p+1. The van der Waals surface area contributed by atoms with Crippen LogP contribution in [0.25, 0.3) is 5.57 Å². The minimum absolute atomic E-state index is 0.758. The van der Waals surface area contributed by atoms with Gasteiger partial charge < -0.3 is 14.5 Å². The molecule has 1 atom stereocenters. The molecule has 1 aromatic heterocycles. The molecule has 0 bridgehead atoms. The summed E-state index contributed by atoms with van der Waals surface area (Å²) in [5.74, 6) is 0.989. The molecular weight excluding hydrogens is 358 g/mol. The van der Waals surface area contributed by atoms with Gasteiger partial charge in [0.1, 0.15) is 0 Å². The van der Waals surface area contributed by atoms with Crippen molar-refractivity contribution in [3.8, 4) is 0 Å². The summed E-state index contributed by atoms with van der Waals surface area (Å²) in [5, 5.41) is 4.88. The number of aromatic nitrogens is 3. The molecule has 0 saturated carbocycles. The van der Waals surface area contributed by atoms with Crippen molar-refractivity contribution in [3.05, 3.63) is 46.7 Å². The highest BCUT2D eigenvalue weighted by Crippen LogP contribution is 2.18. The van der Waals surface area contributed by atoms with E-state index in [4.69, 9.17) is 22.1 Å². The van der Waals surface area contributed by atoms with Crippen molar-refractivity contribution >= 4 is 23.7 Å². The van der Waals surface area contributed by atoms with Gasteiger partial charge in [-0.3, -0.25) is 4.57 Å². The first-order valence-electron chi connectivity index (χ1n) is 9.84. The van der Waals surface area contributed by atoms with E-state index in [0.29, 0.717) is 0 Å². The Morgan fingerprint density at radius 1 is 1.19 bits per heavy atom. The highest BCUT2D eigenvalue weighted by atomic mass is 32.1. The second-order valence-electron chi connectivity index (χ2n) is 7.13. The van der Waals surface area contributed by atoms with Crippen LogP contribution in [0.2, 0.25) is 0 Å². The smallest absolute Gasteiger partial charge is 0.226 e. The molecule has 6 nitrogen and oxygen atoms in total. The van der Waals surface area contributed by atoms with E-state index in [1.807, 2.05) is 4.68 Å². The van der Waals surface area contributed by atoms with E-state index >= 15 is 0 Å². The molecule has 1 N–H and O–H groups in total. The molecule has 27 heavy (non-hydrogen) atoms. The van der Waals surface area contributed by atoms with Gasteiger partial charge in [-0.25, -0.2) is 0 Å². The van der Waals surface area contributed by atoms with Gasteiger partial charge in [0.25, 0.3) is 0 Å². The van der Waals surface area contributed by atoms with Crippen molar-refractivity contribution in [1.82, 2.24) is 14.3 Å². The minimum atomic E-state index is 0.758. The van der Waals surface area contributed by atoms with E-state index in [-0.39, 0.29) is 0 Å². The fourth-order valence-electron chi connectivity index (χ4n) is 3.86. The first-order chi connectivity index (χ1) is 13.3. The van der Waals surface area contributed by atoms with Crippen molar-refractivity contribution in [1.29, 1.82) is 0 Å². The highest BCUT2D eigenvalue weighted by Gasteiger charge is 2.22. The third-order valence-electron chi connectivity index (χ3n) is 5.42. The van der Waals surface area contributed by atoms with Gasteiger partial charge in [-0.15, -0.1) is 5.10 Å². The molecule has 0 radical (unpaired) electrons. The van der Waals surface area contributed by atoms with Gasteiger partial charge in [-0.05, 0) is 36.4 Å². The Kier molecular flexibility index (Phi) is 5.71. The lowest BCUT2D eigenvalue weighted by Crippen LogP contribution is -3.11. The van der Waals surface area contributed by atoms with Crippen LogP contribution in [-0.2, 0) is 18.0 Å². The van der Waals surface area contributed by atoms with E-state index in [1.54, 1.807) is 0 Å². The topological polar surface area (TPSA) is 39.7 Å². The maximum Gasteiger partial charge on any atom is 0.226 e. The minimum Gasteiger partial charge on any atom is -0.378 e. The maximum atomic E-state index is 5.73. The molecule has 7 heteroatoms. The van der Waals surface area contributed by atoms with Crippen LogP contribution in [-0.4, -0.2) is 53.7 Å². The Hall–Kier alpha value is -1.96. The molecule has 1 saturated heterocycles. The van der Waals surface area contributed by atoms with Gasteiger partial charge in [0, 0.05) is 26.1 Å². The zero-order chi connectivity index (χ0) is 18.6. The zero-order valence-electron chi connectivity index (χ0n) is 15.9. The molecule has 4 rings (SSSR count). The van der Waals surface area contributed by atoms with Crippen molar-refractivity contribution in [2.45, 2.75) is 26.6 Å². The highest BCUT2D eigenvalue weighted by molar-refractivity contribution is 7.71. The van der Waals surface area contributed by atoms with Gasteiger partial charge >= 0.3 is 0 Å². The molecule has 144 valence electrons. The van der Waals surface area contributed by atoms with Crippen LogP contribution in [0, 0.1) is 4.77 Å². The van der Waals surface area contributed by atoms with E-state index in [1.165, 1.54) is 16.0 Å². The third kappa shape index (κ3) is 4.00. The molecule has 2 aliphatic heterocycles. The normalized spacial score (nSPS) is 20.6. The molecule has 1 fully saturated rings. The van der Waals surface area contributed by atoms with E-state index < -0.39 is 0 Å². The SMILES string of the molecule is CCn1c(N2CCOCC2)nn(C[NH+]2CC=C(c3ccccc3)CC2)c1=S. The Labute approximate surface area is 165 Å². The summed E-state index contributed by atoms with van der Waals surface area (Å²) in [7, 11) is 0. The predicted molar refractivity (Wildman–Crippen MR) is 109 cm³/mol. The van der Waals surface area contributed by atoms with Crippen LogP contribution < -0.4 is 9.80 Å². The summed E-state index contributed by atoms with van der Waals surface area (Å²) in [5.41, 5.74) is 2.80. The van der Waals surface area contributed by atoms with Crippen LogP contribution in [0.3, 0.4) is 0 Å². The van der Waals surface area contributed by atoms with Gasteiger partial charge in [0.15, 0.2) is 6.67 Å². The third-order valence-corrected chi connectivity index (χ3v) is 5.85. The summed E-state index contributed by atoms with van der Waals surface area (Å²) in [6, 6.07) is 10.7. The number of ether oxygens (including phenoxy) is 1. The number of nitrogens with zero attached hydrogens (tertiary/aromatic N) is 4. The van der Waals surface area contributed by atoms with Crippen LogP contribution >= 0.6 is 12.2 Å². The van der Waals surface area contributed by atoms with Gasteiger partial charge in [0.2, 0.25) is 10.7 Å². The molecular formula is C20H28N5OS+. The lowest BCUT2D eigenvalue weighted by Gasteiger charge is -2.27. The van der Waals surface area contributed by atoms with E-state index in [9.17, 15) is 0 Å². The number of hydrogen-bond donors (Lipinski definition) is 1. The number of anilines is 1. The van der Waals surface area contributed by atoms with Crippen LogP contribution in [0.4, 0.5) is 5.95 Å². The molecule has 2 aromatic rings. The maximum absolute atomic E-state index is 5.73. The summed E-state index contributed by atoms with van der Waals surface area (Å²) in [6.07, 6.45) is 3.47. The number of hydrogen-bond acceptors (Lipinski definition) is 4. The molecule has 0 aliphatic carbocycles. The molecule has 1 unspecified atom stereocenters. The number of morpholine rings is 1. The molecule has 1 aromatic carbocycles. The monoisotopic (exact) mass is 386 g/mol. The quantitative estimate of drug-likeness (QED) is 0.793. The number of nitrogens with one attached hydrogen (secondary N) is 1. The largest absolute Gasteiger partial charge is 0.378 e. The van der Waals surface area contributed by atoms with Crippen molar-refractivity contribution in [3.63, 3.8) is 0 Å². The first-order valence-corrected chi connectivity index (χ1v) is 10.3. The van der Waals surface area contributed by atoms with Gasteiger partial charge in [-0.2, -0.15) is 4.68 Å². The first kappa shape index (κ1) is 18.4. The number of rotatable bonds is 5. The van der Waals surface area contributed by atoms with Gasteiger partial charge in [0.05, 0.1) is 26.3 Å². The predicted octanol–water partition coefficient (Wildman–Crippen LogP) is 1.60. The van der Waals surface area contributed by atoms with Crippen molar-refractivity contribution < 1.29 is 9.64 Å². The summed E-state index contributed by atoms with van der Waals surface area (Å²) >= 11 is 5.73. The summed E-state index contributed by atoms with van der Waals surface area (Å²) in [4.78, 5) is 3.79. The number of quaternary nitrogens is 1. The summed E-state index contributed by atoms with van der Waals surface area (Å²) < 4.78 is 10.5. The average Bonchev–Trinajstić information content (AvgIpc) is 3.05. The van der Waals surface area contributed by atoms with Crippen LogP contribution in [0.1, 0.15) is 18.9 Å². The summed E-state index contributed by atoms with van der Waals surface area (Å²) in [6.45, 7) is 9.19. The Bertz CT molecular complexity index is 851. The average molecular weight is 387 g/mol. The number of benzene rings is 1. The van der Waals surface area contributed by atoms with Gasteiger partial charge in [-0.1, -0.05) is 30.3 Å². The van der Waals surface area contributed by atoms with Crippen molar-refractivity contribution in [2.24, 2.45) is 0 Å². The Balaban J connectivity index is 1.48. The molecule has 3 heterocycles. The Morgan fingerprint density at radius 2 is 1.96 bits per heavy atom. The van der Waals surface area contributed by atoms with Crippen LogP contribution in [0.5, 0.6) is 0 Å². The second kappa shape index (κ2) is 8.37. The fourth-order valence-corrected chi connectivity index (χ4v) is 4.18. The van der Waals surface area contributed by atoms with E-state index in [2.05, 4.69) is 52.8 Å². The second-order valence-corrected chi connectivity index (χ2v) is 7.50. The zero-order valence-corrected chi connectivity index (χ0v) is 16.7. The van der Waals surface area contributed by atoms with Crippen molar-refractivity contribution in [2.75, 3.05) is 44.3 Å². The fraction of sp³-hybridized carbons (Fsp3) is 0.500. The molecule has 0 amide bonds. The Morgan fingerprint density at radius 3 is 2.63 bits per heavy atom. The van der Waals surface area contributed by atoms with E-state index in [0.717, 1.165) is 69.7 Å². The van der Waals surface area contributed by atoms with Crippen LogP contribution in [0.15, 0.2) is 36.4 Å². The lowest BCUT2D eigenvalue weighted by atomic mass is 10.00. The molecule has 0 spiro atoms.